The van der Waals surface area contributed by atoms with Crippen molar-refractivity contribution in [1.82, 2.24) is 0 Å². The first kappa shape index (κ1) is 11.9. The fourth-order valence-corrected chi connectivity index (χ4v) is 1.30. The predicted molar refractivity (Wildman–Crippen MR) is 46.3 cm³/mol. The molecule has 0 aliphatic carbocycles. The molecule has 0 spiro atoms. The van der Waals surface area contributed by atoms with Gasteiger partial charge in [-0.05, 0) is 13.8 Å². The molecule has 0 aromatic carbocycles. The number of hydrogen-bond donors (Lipinski definition) is 2. The van der Waals surface area contributed by atoms with E-state index < -0.39 is 11.9 Å². The molecule has 0 saturated carbocycles. The molecule has 0 saturated heterocycles. The summed E-state index contributed by atoms with van der Waals surface area (Å²) in [5, 5.41) is 17.2. The van der Waals surface area contributed by atoms with Crippen molar-refractivity contribution < 1.29 is 24.3 Å². The zero-order chi connectivity index (χ0) is 10.5. The van der Waals surface area contributed by atoms with Gasteiger partial charge in [0.1, 0.15) is 0 Å². The normalized spacial score (nSPS) is 11.2. The summed E-state index contributed by atoms with van der Waals surface area (Å²) < 4.78 is 0.102. The minimum atomic E-state index is -0.954. The van der Waals surface area contributed by atoms with Crippen LogP contribution in [-0.2, 0) is 9.59 Å². The van der Waals surface area contributed by atoms with Gasteiger partial charge < -0.3 is 14.7 Å². The molecular formula is C8H16NO4+. The van der Waals surface area contributed by atoms with Crippen LogP contribution in [0.1, 0.15) is 13.8 Å². The first-order chi connectivity index (χ1) is 5.95. The maximum atomic E-state index is 10.5. The zero-order valence-corrected chi connectivity index (χ0v) is 7.99. The third-order valence-corrected chi connectivity index (χ3v) is 2.28. The van der Waals surface area contributed by atoms with Crippen molar-refractivity contribution in [2.75, 3.05) is 26.2 Å². The van der Waals surface area contributed by atoms with E-state index in [1.165, 1.54) is 0 Å². The summed E-state index contributed by atoms with van der Waals surface area (Å²) >= 11 is 0. The molecule has 0 aliphatic rings. The van der Waals surface area contributed by atoms with Crippen LogP contribution in [0.25, 0.3) is 0 Å². The molecule has 5 nitrogen and oxygen atoms in total. The standard InChI is InChI=1S/C8H15NO4/c1-3-9(4-2,5-7(10)11)6-8(12)13/h3-6H2,1-2H3,(H-,10,11,12,13)/p+1. The van der Waals surface area contributed by atoms with E-state index in [9.17, 15) is 9.59 Å². The summed E-state index contributed by atoms with van der Waals surface area (Å²) in [4.78, 5) is 21.0. The van der Waals surface area contributed by atoms with Gasteiger partial charge in [-0.25, -0.2) is 9.59 Å². The molecule has 0 unspecified atom stereocenters. The van der Waals surface area contributed by atoms with Gasteiger partial charge in [0.15, 0.2) is 13.1 Å². The topological polar surface area (TPSA) is 74.6 Å². The van der Waals surface area contributed by atoms with Crippen molar-refractivity contribution in [3.63, 3.8) is 0 Å². The van der Waals surface area contributed by atoms with Gasteiger partial charge in [-0.15, -0.1) is 0 Å². The molecule has 0 aromatic heterocycles. The van der Waals surface area contributed by atoms with Crippen molar-refractivity contribution in [3.05, 3.63) is 0 Å². The fraction of sp³-hybridized carbons (Fsp3) is 0.750. The summed E-state index contributed by atoms with van der Waals surface area (Å²) in [6, 6.07) is 0. The Labute approximate surface area is 77.2 Å². The molecule has 0 aliphatic heterocycles. The van der Waals surface area contributed by atoms with E-state index in [2.05, 4.69) is 0 Å². The molecule has 5 heteroatoms. The first-order valence-electron chi connectivity index (χ1n) is 4.24. The third kappa shape index (κ3) is 3.89. The van der Waals surface area contributed by atoms with E-state index in [-0.39, 0.29) is 17.6 Å². The van der Waals surface area contributed by atoms with Gasteiger partial charge in [-0.3, -0.25) is 0 Å². The van der Waals surface area contributed by atoms with E-state index in [0.29, 0.717) is 13.1 Å². The zero-order valence-electron chi connectivity index (χ0n) is 7.99. The molecule has 0 atom stereocenters. The highest BCUT2D eigenvalue weighted by Gasteiger charge is 2.29. The minimum Gasteiger partial charge on any atom is -0.477 e. The monoisotopic (exact) mass is 190 g/mol. The van der Waals surface area contributed by atoms with Crippen LogP contribution < -0.4 is 0 Å². The van der Waals surface area contributed by atoms with Crippen LogP contribution in [0.2, 0.25) is 0 Å². The Bertz CT molecular complexity index is 180. The maximum Gasteiger partial charge on any atom is 0.359 e. The molecule has 0 radical (unpaired) electrons. The molecule has 2 N–H and O–H groups in total. The number of carboxylic acid groups (broad SMARTS) is 2. The minimum absolute atomic E-state index is 0.102. The van der Waals surface area contributed by atoms with Crippen molar-refractivity contribution in [2.24, 2.45) is 0 Å². The summed E-state index contributed by atoms with van der Waals surface area (Å²) in [5.41, 5.74) is 0. The van der Waals surface area contributed by atoms with E-state index >= 15 is 0 Å². The smallest absolute Gasteiger partial charge is 0.359 e. The Morgan fingerprint density at radius 2 is 1.31 bits per heavy atom. The Kier molecular flexibility index (Phi) is 4.40. The third-order valence-electron chi connectivity index (χ3n) is 2.28. The molecule has 0 aromatic rings. The molecule has 13 heavy (non-hydrogen) atoms. The number of carboxylic acids is 2. The largest absolute Gasteiger partial charge is 0.477 e. The van der Waals surface area contributed by atoms with Crippen LogP contribution in [0.4, 0.5) is 0 Å². The SMILES string of the molecule is CC[N+](CC)(CC(=O)O)CC(=O)O. The quantitative estimate of drug-likeness (QED) is 0.579. The molecule has 0 amide bonds. The van der Waals surface area contributed by atoms with Gasteiger partial charge >= 0.3 is 11.9 Å². The molecular weight excluding hydrogens is 174 g/mol. The lowest BCUT2D eigenvalue weighted by Gasteiger charge is -2.33. The van der Waals surface area contributed by atoms with Crippen molar-refractivity contribution in [2.45, 2.75) is 13.8 Å². The van der Waals surface area contributed by atoms with Crippen molar-refractivity contribution >= 4 is 11.9 Å². The first-order valence-corrected chi connectivity index (χ1v) is 4.24. The van der Waals surface area contributed by atoms with Crippen LogP contribution in [-0.4, -0.2) is 52.8 Å². The Morgan fingerprint density at radius 3 is 1.46 bits per heavy atom. The number of aliphatic carboxylic acids is 2. The summed E-state index contributed by atoms with van der Waals surface area (Å²) in [5.74, 6) is -1.91. The number of carbonyl (C=O) groups is 2. The van der Waals surface area contributed by atoms with Gasteiger partial charge in [0.05, 0.1) is 13.1 Å². The van der Waals surface area contributed by atoms with Crippen LogP contribution in [0.3, 0.4) is 0 Å². The van der Waals surface area contributed by atoms with Crippen LogP contribution in [0.15, 0.2) is 0 Å². The molecule has 0 rings (SSSR count). The van der Waals surface area contributed by atoms with Gasteiger partial charge in [0.25, 0.3) is 0 Å². The number of likely N-dealkylation sites (N-methyl/N-ethyl adjacent to an activating group) is 1. The Hall–Kier alpha value is -1.10. The second-order valence-corrected chi connectivity index (χ2v) is 3.08. The van der Waals surface area contributed by atoms with E-state index in [0.717, 1.165) is 0 Å². The lowest BCUT2D eigenvalue weighted by Crippen LogP contribution is -2.53. The van der Waals surface area contributed by atoms with Gasteiger partial charge in [-0.1, -0.05) is 0 Å². The highest BCUT2D eigenvalue weighted by molar-refractivity contribution is 5.70. The number of quaternary nitrogens is 1. The Morgan fingerprint density at radius 1 is 1.00 bits per heavy atom. The predicted octanol–water partition coefficient (Wildman–Crippen LogP) is 0.0122. The van der Waals surface area contributed by atoms with E-state index in [1.807, 2.05) is 0 Å². The highest BCUT2D eigenvalue weighted by Crippen LogP contribution is 2.05. The lowest BCUT2D eigenvalue weighted by molar-refractivity contribution is -0.911. The molecule has 0 fully saturated rings. The van der Waals surface area contributed by atoms with Crippen LogP contribution in [0.5, 0.6) is 0 Å². The fourth-order valence-electron chi connectivity index (χ4n) is 1.30. The number of hydrogen-bond acceptors (Lipinski definition) is 2. The molecule has 0 bridgehead atoms. The number of nitrogens with zero attached hydrogens (tertiary/aromatic N) is 1. The summed E-state index contributed by atoms with van der Waals surface area (Å²) in [6.07, 6.45) is 0. The van der Waals surface area contributed by atoms with Gasteiger partial charge in [0.2, 0.25) is 0 Å². The second kappa shape index (κ2) is 4.81. The van der Waals surface area contributed by atoms with Crippen molar-refractivity contribution in [1.29, 1.82) is 0 Å². The van der Waals surface area contributed by atoms with Crippen LogP contribution >= 0.6 is 0 Å². The number of rotatable bonds is 6. The molecule has 76 valence electrons. The second-order valence-electron chi connectivity index (χ2n) is 3.08. The summed E-state index contributed by atoms with van der Waals surface area (Å²) in [6.45, 7) is 4.40. The van der Waals surface area contributed by atoms with Gasteiger partial charge in [-0.2, -0.15) is 0 Å². The van der Waals surface area contributed by atoms with Crippen LogP contribution in [0, 0.1) is 0 Å². The highest BCUT2D eigenvalue weighted by atomic mass is 16.4. The average molecular weight is 190 g/mol. The van der Waals surface area contributed by atoms with Gasteiger partial charge in [0, 0.05) is 0 Å². The van der Waals surface area contributed by atoms with E-state index in [1.54, 1.807) is 13.8 Å². The van der Waals surface area contributed by atoms with Crippen molar-refractivity contribution in [3.8, 4) is 0 Å². The lowest BCUT2D eigenvalue weighted by atomic mass is 10.3. The summed E-state index contributed by atoms with van der Waals surface area (Å²) in [7, 11) is 0. The van der Waals surface area contributed by atoms with E-state index in [4.69, 9.17) is 10.2 Å². The average Bonchev–Trinajstić information content (AvgIpc) is 2.01. The maximum absolute atomic E-state index is 10.5. The molecule has 0 heterocycles. The Balaban J connectivity index is 4.48.